The van der Waals surface area contributed by atoms with Crippen LogP contribution in [0.25, 0.3) is 21.9 Å². The Bertz CT molecular complexity index is 1360. The Balaban J connectivity index is 1.86. The highest BCUT2D eigenvalue weighted by molar-refractivity contribution is 6.12. The second-order valence-corrected chi connectivity index (χ2v) is 6.60. The van der Waals surface area contributed by atoms with Gasteiger partial charge in [0.2, 0.25) is 5.76 Å². The first-order valence-electron chi connectivity index (χ1n) is 9.24. The van der Waals surface area contributed by atoms with Crippen molar-refractivity contribution in [2.24, 2.45) is 0 Å². The van der Waals surface area contributed by atoms with Crippen LogP contribution in [0, 0.1) is 10.1 Å². The molecule has 1 N–H and O–H groups in total. The molecule has 1 aromatic heterocycles. The fourth-order valence-corrected chi connectivity index (χ4v) is 3.33. The molecule has 0 radical (unpaired) electrons. The van der Waals surface area contributed by atoms with E-state index in [1.54, 1.807) is 24.3 Å². The maximum atomic E-state index is 13.2. The fraction of sp³-hybridized carbons (Fsp3) is 0.0435. The summed E-state index contributed by atoms with van der Waals surface area (Å²) in [6.07, 6.45) is 0. The molecule has 8 heteroatoms. The number of anilines is 1. The number of non-ortho nitro benzene ring substituents is 1. The van der Waals surface area contributed by atoms with Crippen molar-refractivity contribution in [3.05, 3.63) is 99.1 Å². The lowest BCUT2D eigenvalue weighted by Gasteiger charge is -2.13. The summed E-state index contributed by atoms with van der Waals surface area (Å²) in [6, 6.07) is 19.8. The van der Waals surface area contributed by atoms with Crippen LogP contribution in [0.3, 0.4) is 0 Å². The van der Waals surface area contributed by atoms with E-state index >= 15 is 0 Å². The molecule has 0 saturated carbocycles. The predicted octanol–water partition coefficient (Wildman–Crippen LogP) is 4.63. The molecule has 0 aliphatic carbocycles. The summed E-state index contributed by atoms with van der Waals surface area (Å²) in [4.78, 5) is 36.1. The van der Waals surface area contributed by atoms with E-state index in [1.165, 1.54) is 25.3 Å². The van der Waals surface area contributed by atoms with Crippen molar-refractivity contribution >= 4 is 28.1 Å². The lowest BCUT2D eigenvalue weighted by molar-refractivity contribution is -0.384. The molecule has 0 saturated heterocycles. The first-order chi connectivity index (χ1) is 15.0. The average molecular weight is 416 g/mol. The average Bonchev–Trinajstić information content (AvgIpc) is 2.79. The minimum Gasteiger partial charge on any atom is -0.494 e. The quantitative estimate of drug-likeness (QED) is 0.375. The molecular weight excluding hydrogens is 400 g/mol. The highest BCUT2D eigenvalue weighted by atomic mass is 16.6. The van der Waals surface area contributed by atoms with Crippen molar-refractivity contribution in [1.82, 2.24) is 0 Å². The summed E-state index contributed by atoms with van der Waals surface area (Å²) in [5, 5.41) is 14.6. The van der Waals surface area contributed by atoms with Gasteiger partial charge in [-0.3, -0.25) is 14.9 Å². The van der Waals surface area contributed by atoms with E-state index in [2.05, 4.69) is 5.32 Å². The second-order valence-electron chi connectivity index (χ2n) is 6.60. The van der Waals surface area contributed by atoms with Gasteiger partial charge in [0.15, 0.2) is 0 Å². The first-order valence-corrected chi connectivity index (χ1v) is 9.24. The smallest absolute Gasteiger partial charge is 0.344 e. The second kappa shape index (κ2) is 8.11. The fourth-order valence-electron chi connectivity index (χ4n) is 3.33. The van der Waals surface area contributed by atoms with Gasteiger partial charge in [0.25, 0.3) is 11.6 Å². The van der Waals surface area contributed by atoms with Gasteiger partial charge in [-0.05, 0) is 17.7 Å². The van der Waals surface area contributed by atoms with Crippen LogP contribution in [0.4, 0.5) is 11.4 Å². The molecule has 1 heterocycles. The zero-order valence-corrected chi connectivity index (χ0v) is 16.3. The molecular formula is C23H16N2O6. The van der Waals surface area contributed by atoms with E-state index in [1.807, 2.05) is 30.3 Å². The number of methoxy groups -OCH3 is 1. The molecule has 0 unspecified atom stereocenters. The number of amides is 1. The van der Waals surface area contributed by atoms with Gasteiger partial charge in [-0.15, -0.1) is 0 Å². The van der Waals surface area contributed by atoms with E-state index in [0.29, 0.717) is 21.9 Å². The summed E-state index contributed by atoms with van der Waals surface area (Å²) in [5.41, 5.74) is 0.540. The maximum Gasteiger partial charge on any atom is 0.344 e. The number of fused-ring (bicyclic) bond motifs is 1. The summed E-state index contributed by atoms with van der Waals surface area (Å²) in [7, 11) is 1.33. The third kappa shape index (κ3) is 3.74. The predicted molar refractivity (Wildman–Crippen MR) is 116 cm³/mol. The Morgan fingerprint density at radius 1 is 1.00 bits per heavy atom. The Morgan fingerprint density at radius 2 is 1.68 bits per heavy atom. The molecule has 154 valence electrons. The maximum absolute atomic E-state index is 13.2. The summed E-state index contributed by atoms with van der Waals surface area (Å²) in [5.74, 6) is -0.754. The molecule has 0 aliphatic rings. The van der Waals surface area contributed by atoms with E-state index in [9.17, 15) is 19.7 Å². The third-order valence-corrected chi connectivity index (χ3v) is 4.75. The number of hydrogen-bond donors (Lipinski definition) is 1. The van der Waals surface area contributed by atoms with Gasteiger partial charge in [0.05, 0.1) is 29.2 Å². The van der Waals surface area contributed by atoms with Gasteiger partial charge < -0.3 is 14.5 Å². The normalized spacial score (nSPS) is 10.6. The molecule has 4 aromatic rings. The van der Waals surface area contributed by atoms with E-state index < -0.39 is 16.5 Å². The molecule has 0 aliphatic heterocycles. The molecule has 0 spiro atoms. The number of carbonyl (C=O) groups is 1. The topological polar surface area (TPSA) is 112 Å². The molecule has 0 fully saturated rings. The van der Waals surface area contributed by atoms with Crippen LogP contribution in [0.1, 0.15) is 10.6 Å². The largest absolute Gasteiger partial charge is 0.494 e. The number of nitro groups is 1. The van der Waals surface area contributed by atoms with Crippen LogP contribution in [0.2, 0.25) is 0 Å². The molecule has 0 atom stereocenters. The van der Waals surface area contributed by atoms with Crippen LogP contribution in [0.15, 0.2) is 82.0 Å². The van der Waals surface area contributed by atoms with Crippen molar-refractivity contribution in [2.45, 2.75) is 0 Å². The van der Waals surface area contributed by atoms with Crippen LogP contribution in [0.5, 0.6) is 5.75 Å². The Hall–Kier alpha value is -4.46. The molecule has 8 nitrogen and oxygen atoms in total. The van der Waals surface area contributed by atoms with Crippen LogP contribution in [-0.2, 0) is 0 Å². The number of rotatable bonds is 5. The van der Waals surface area contributed by atoms with Gasteiger partial charge in [-0.1, -0.05) is 48.5 Å². The van der Waals surface area contributed by atoms with E-state index in [4.69, 9.17) is 9.15 Å². The number of ether oxygens (including phenoxy) is 1. The molecule has 31 heavy (non-hydrogen) atoms. The number of carbonyl (C=O) groups excluding carboxylic acids is 1. The highest BCUT2D eigenvalue weighted by Crippen LogP contribution is 2.33. The lowest BCUT2D eigenvalue weighted by Crippen LogP contribution is -2.17. The number of nitrogens with zero attached hydrogens (tertiary/aromatic N) is 1. The Morgan fingerprint density at radius 3 is 2.35 bits per heavy atom. The van der Waals surface area contributed by atoms with Crippen LogP contribution < -0.4 is 15.7 Å². The molecule has 1 amide bonds. The number of nitro benzene ring substituents is 1. The van der Waals surface area contributed by atoms with Gasteiger partial charge in [0, 0.05) is 17.0 Å². The zero-order chi connectivity index (χ0) is 22.0. The van der Waals surface area contributed by atoms with Crippen molar-refractivity contribution in [3.63, 3.8) is 0 Å². The van der Waals surface area contributed by atoms with Gasteiger partial charge in [-0.2, -0.15) is 0 Å². The zero-order valence-electron chi connectivity index (χ0n) is 16.3. The minimum atomic E-state index is -0.686. The van der Waals surface area contributed by atoms with E-state index in [0.717, 1.165) is 0 Å². The van der Waals surface area contributed by atoms with Crippen molar-refractivity contribution in [3.8, 4) is 16.9 Å². The number of nitrogens with one attached hydrogen (secondary N) is 1. The van der Waals surface area contributed by atoms with Crippen molar-refractivity contribution in [1.29, 1.82) is 0 Å². The van der Waals surface area contributed by atoms with Gasteiger partial charge in [0.1, 0.15) is 5.75 Å². The lowest BCUT2D eigenvalue weighted by atomic mass is 9.98. The summed E-state index contributed by atoms with van der Waals surface area (Å²) < 4.78 is 10.6. The molecule has 0 bridgehead atoms. The summed E-state index contributed by atoms with van der Waals surface area (Å²) >= 11 is 0. The number of benzene rings is 3. The number of hydrogen-bond acceptors (Lipinski definition) is 6. The standard InChI is InChI=1S/C23H16N2O6/c1-30-19-13-15(25(28)29)11-12-18(19)24-22(26)21-20(14-7-3-2-4-8-14)16-9-5-6-10-17(16)23(27)31-21/h2-13H,1H3,(H,24,26). The van der Waals surface area contributed by atoms with E-state index in [-0.39, 0.29) is 22.9 Å². The Labute approximate surface area is 175 Å². The first kappa shape index (κ1) is 19.8. The van der Waals surface area contributed by atoms with Crippen LogP contribution in [-0.4, -0.2) is 17.9 Å². The van der Waals surface area contributed by atoms with Gasteiger partial charge >= 0.3 is 5.63 Å². The SMILES string of the molecule is COc1cc([N+](=O)[O-])ccc1NC(=O)c1oc(=O)c2ccccc2c1-c1ccccc1. The van der Waals surface area contributed by atoms with Crippen LogP contribution >= 0.6 is 0 Å². The minimum absolute atomic E-state index is 0.104. The van der Waals surface area contributed by atoms with Crippen molar-refractivity contribution < 1.29 is 18.9 Å². The molecule has 4 rings (SSSR count). The summed E-state index contributed by atoms with van der Waals surface area (Å²) in [6.45, 7) is 0. The third-order valence-electron chi connectivity index (χ3n) is 4.75. The highest BCUT2D eigenvalue weighted by Gasteiger charge is 2.23. The monoisotopic (exact) mass is 416 g/mol. The van der Waals surface area contributed by atoms with Gasteiger partial charge in [-0.25, -0.2) is 4.79 Å². The molecule has 3 aromatic carbocycles. The Kier molecular flexibility index (Phi) is 5.19. The van der Waals surface area contributed by atoms with Crippen molar-refractivity contribution in [2.75, 3.05) is 12.4 Å².